The highest BCUT2D eigenvalue weighted by Crippen LogP contribution is 2.33. The summed E-state index contributed by atoms with van der Waals surface area (Å²) in [4.78, 5) is 13.0. The molecule has 4 aromatic rings. The van der Waals surface area contributed by atoms with Crippen LogP contribution in [0.4, 0.5) is 8.78 Å². The van der Waals surface area contributed by atoms with Gasteiger partial charge in [0.1, 0.15) is 5.75 Å². The number of nitrogens with zero attached hydrogens (tertiary/aromatic N) is 3. The fourth-order valence-electron chi connectivity index (χ4n) is 3.78. The molecule has 0 saturated heterocycles. The first kappa shape index (κ1) is 25.2. The summed E-state index contributed by atoms with van der Waals surface area (Å²) < 4.78 is 47.4. The number of methoxy groups -OCH3 is 2. The van der Waals surface area contributed by atoms with Crippen LogP contribution in [0.25, 0.3) is 17.1 Å². The number of rotatable bonds is 10. The maximum atomic E-state index is 13.0. The van der Waals surface area contributed by atoms with E-state index in [-0.39, 0.29) is 22.5 Å². The minimum Gasteiger partial charge on any atom is -0.493 e. The molecule has 0 bridgehead atoms. The van der Waals surface area contributed by atoms with Crippen molar-refractivity contribution >= 4 is 17.5 Å². The van der Waals surface area contributed by atoms with Gasteiger partial charge in [0, 0.05) is 28.2 Å². The number of aromatic nitrogens is 3. The third-order valence-electron chi connectivity index (χ3n) is 5.42. The molecule has 2 heterocycles. The van der Waals surface area contributed by atoms with Crippen molar-refractivity contribution in [2.45, 2.75) is 25.7 Å². The van der Waals surface area contributed by atoms with E-state index in [1.54, 1.807) is 43.5 Å². The number of alkyl halides is 2. The number of thioether (sulfide) groups is 1. The van der Waals surface area contributed by atoms with Crippen LogP contribution in [0.2, 0.25) is 0 Å². The van der Waals surface area contributed by atoms with E-state index in [4.69, 9.17) is 13.9 Å². The van der Waals surface area contributed by atoms with Crippen molar-refractivity contribution in [3.63, 3.8) is 0 Å². The lowest BCUT2D eigenvalue weighted by Crippen LogP contribution is -2.06. The largest absolute Gasteiger partial charge is 0.493 e. The van der Waals surface area contributed by atoms with E-state index in [0.717, 1.165) is 28.8 Å². The second kappa shape index (κ2) is 10.8. The van der Waals surface area contributed by atoms with Gasteiger partial charge in [0.05, 0.1) is 20.0 Å². The lowest BCUT2D eigenvalue weighted by molar-refractivity contribution is -0.0498. The van der Waals surface area contributed by atoms with Crippen LogP contribution in [0.3, 0.4) is 0 Å². The molecule has 0 saturated carbocycles. The van der Waals surface area contributed by atoms with Crippen molar-refractivity contribution in [1.29, 1.82) is 0 Å². The maximum Gasteiger partial charge on any atom is 0.387 e. The molecule has 0 aliphatic carbocycles. The van der Waals surface area contributed by atoms with Crippen molar-refractivity contribution < 1.29 is 32.2 Å². The van der Waals surface area contributed by atoms with E-state index in [9.17, 15) is 13.6 Å². The average molecular weight is 516 g/mol. The number of carbonyl (C=O) groups excluding carboxylic acids is 1. The smallest absolute Gasteiger partial charge is 0.387 e. The van der Waals surface area contributed by atoms with Crippen LogP contribution in [0.15, 0.2) is 58.2 Å². The Balaban J connectivity index is 1.46. The van der Waals surface area contributed by atoms with Gasteiger partial charge in [-0.3, -0.25) is 4.79 Å². The minimum absolute atomic E-state index is 0.0657. The van der Waals surface area contributed by atoms with Gasteiger partial charge in [0.2, 0.25) is 5.89 Å². The molecule has 36 heavy (non-hydrogen) atoms. The van der Waals surface area contributed by atoms with Crippen LogP contribution in [-0.4, -0.2) is 47.1 Å². The molecule has 0 spiro atoms. The van der Waals surface area contributed by atoms with Crippen molar-refractivity contribution in [3.8, 4) is 34.4 Å². The normalized spacial score (nSPS) is 11.1. The van der Waals surface area contributed by atoms with Gasteiger partial charge >= 0.3 is 6.61 Å². The van der Waals surface area contributed by atoms with Crippen LogP contribution >= 0.6 is 11.8 Å². The molecule has 0 fully saturated rings. The van der Waals surface area contributed by atoms with E-state index < -0.39 is 6.61 Å². The van der Waals surface area contributed by atoms with Crippen LogP contribution in [-0.2, 0) is 0 Å². The van der Waals surface area contributed by atoms with Gasteiger partial charge in [-0.1, -0.05) is 11.8 Å². The summed E-state index contributed by atoms with van der Waals surface area (Å²) in [5, 5.41) is 8.35. The first-order valence-corrected chi connectivity index (χ1v) is 11.8. The first-order chi connectivity index (χ1) is 17.3. The Morgan fingerprint density at radius 2 is 1.75 bits per heavy atom. The van der Waals surface area contributed by atoms with E-state index >= 15 is 0 Å². The lowest BCUT2D eigenvalue weighted by atomic mass is 10.2. The molecular formula is C25H23F2N3O5S. The number of aryl methyl sites for hydroxylation is 1. The number of hydrogen-bond donors (Lipinski definition) is 0. The summed E-state index contributed by atoms with van der Waals surface area (Å²) in [5.41, 5.74) is 3.50. The predicted octanol–water partition coefficient (Wildman–Crippen LogP) is 5.74. The summed E-state index contributed by atoms with van der Waals surface area (Å²) in [6.07, 6.45) is 0. The molecule has 0 aliphatic heterocycles. The molecule has 0 amide bonds. The molecule has 188 valence electrons. The highest BCUT2D eigenvalue weighted by molar-refractivity contribution is 7.99. The van der Waals surface area contributed by atoms with Crippen molar-refractivity contribution in [2.24, 2.45) is 0 Å². The fraction of sp³-hybridized carbons (Fsp3) is 0.240. The summed E-state index contributed by atoms with van der Waals surface area (Å²) in [7, 11) is 3.09. The summed E-state index contributed by atoms with van der Waals surface area (Å²) in [6, 6.07) is 13.3. The number of benzene rings is 2. The number of halogens is 2. The molecule has 8 nitrogen and oxygen atoms in total. The fourth-order valence-corrected chi connectivity index (χ4v) is 4.42. The Kier molecular flexibility index (Phi) is 7.58. The molecule has 2 aromatic heterocycles. The van der Waals surface area contributed by atoms with Crippen molar-refractivity contribution in [1.82, 2.24) is 14.8 Å². The SMILES string of the molecule is COc1ccc(-c2nnc(SCC(=O)c3cc(C)n(-c4ccc(OC(F)F)cc4)c3C)o2)cc1OC. The average Bonchev–Trinajstić information content (AvgIpc) is 3.46. The lowest BCUT2D eigenvalue weighted by Gasteiger charge is -2.11. The van der Waals surface area contributed by atoms with Crippen molar-refractivity contribution in [2.75, 3.05) is 20.0 Å². The molecule has 4 rings (SSSR count). The number of ether oxygens (including phenoxy) is 3. The van der Waals surface area contributed by atoms with Gasteiger partial charge in [-0.15, -0.1) is 10.2 Å². The topological polar surface area (TPSA) is 88.6 Å². The Morgan fingerprint density at radius 1 is 1.03 bits per heavy atom. The van der Waals surface area contributed by atoms with E-state index in [1.165, 1.54) is 19.2 Å². The molecule has 2 aromatic carbocycles. The van der Waals surface area contributed by atoms with E-state index in [0.29, 0.717) is 28.5 Å². The van der Waals surface area contributed by atoms with Crippen LogP contribution in [0, 0.1) is 13.8 Å². The van der Waals surface area contributed by atoms with Gasteiger partial charge in [-0.2, -0.15) is 8.78 Å². The molecule has 0 N–H and O–H groups in total. The zero-order valence-corrected chi connectivity index (χ0v) is 20.8. The quantitative estimate of drug-likeness (QED) is 0.195. The number of hydrogen-bond acceptors (Lipinski definition) is 8. The molecular weight excluding hydrogens is 492 g/mol. The van der Waals surface area contributed by atoms with E-state index in [1.807, 2.05) is 18.4 Å². The van der Waals surface area contributed by atoms with E-state index in [2.05, 4.69) is 14.9 Å². The third kappa shape index (κ3) is 5.35. The predicted molar refractivity (Wildman–Crippen MR) is 130 cm³/mol. The van der Waals surface area contributed by atoms with Gasteiger partial charge in [0.15, 0.2) is 17.3 Å². The number of ketones is 1. The third-order valence-corrected chi connectivity index (χ3v) is 6.23. The Hall–Kier alpha value is -3.86. The molecule has 11 heteroatoms. The maximum absolute atomic E-state index is 13.0. The molecule has 0 radical (unpaired) electrons. The zero-order valence-electron chi connectivity index (χ0n) is 20.0. The molecule has 0 aliphatic rings. The highest BCUT2D eigenvalue weighted by atomic mass is 32.2. The summed E-state index contributed by atoms with van der Waals surface area (Å²) in [5.74, 6) is 1.46. The first-order valence-electron chi connectivity index (χ1n) is 10.8. The standard InChI is InChI=1S/C25H23F2N3O5S/c1-14-11-19(15(2)30(14)17-6-8-18(9-7-17)34-24(26)27)20(31)13-36-25-29-28-23(35-25)16-5-10-21(32-3)22(12-16)33-4/h5-12,24H,13H2,1-4H3. The van der Waals surface area contributed by atoms with Crippen LogP contribution in [0.1, 0.15) is 21.7 Å². The Bertz CT molecular complexity index is 1370. The zero-order chi connectivity index (χ0) is 25.8. The van der Waals surface area contributed by atoms with Crippen LogP contribution in [0.5, 0.6) is 17.2 Å². The minimum atomic E-state index is -2.89. The van der Waals surface area contributed by atoms with Gasteiger partial charge in [-0.25, -0.2) is 0 Å². The molecule has 0 atom stereocenters. The Morgan fingerprint density at radius 3 is 2.42 bits per heavy atom. The second-order valence-corrected chi connectivity index (χ2v) is 8.57. The summed E-state index contributed by atoms with van der Waals surface area (Å²) in [6.45, 7) is 0.811. The number of Topliss-reactive ketones (excluding diaryl/α,β-unsaturated/α-hetero) is 1. The number of carbonyl (C=O) groups is 1. The van der Waals surface area contributed by atoms with Gasteiger partial charge in [0.25, 0.3) is 5.22 Å². The van der Waals surface area contributed by atoms with Gasteiger partial charge < -0.3 is 23.2 Å². The summed E-state index contributed by atoms with van der Waals surface area (Å²) >= 11 is 1.14. The van der Waals surface area contributed by atoms with Crippen molar-refractivity contribution in [3.05, 3.63) is 65.5 Å². The monoisotopic (exact) mass is 515 g/mol. The Labute approximate surface area is 210 Å². The second-order valence-electron chi connectivity index (χ2n) is 7.65. The molecule has 0 unspecified atom stereocenters. The van der Waals surface area contributed by atoms with Crippen LogP contribution < -0.4 is 14.2 Å². The highest BCUT2D eigenvalue weighted by Gasteiger charge is 2.19. The van der Waals surface area contributed by atoms with Gasteiger partial charge in [-0.05, 0) is 62.4 Å².